The van der Waals surface area contributed by atoms with Crippen LogP contribution in [0.3, 0.4) is 0 Å². The molecule has 2 heterocycles. The number of oxazole rings is 1. The predicted octanol–water partition coefficient (Wildman–Crippen LogP) is 3.26. The summed E-state index contributed by atoms with van der Waals surface area (Å²) in [6, 6.07) is 16.1. The number of aliphatic carboxylic acids is 1. The molecule has 5 rings (SSSR count). The number of carboxylic acids is 1. The van der Waals surface area contributed by atoms with Gasteiger partial charge in [-0.2, -0.15) is 0 Å². The number of nitrogens with zero attached hydrogens (tertiary/aromatic N) is 2. The molecule has 1 fully saturated rings. The van der Waals surface area contributed by atoms with E-state index in [9.17, 15) is 19.5 Å². The van der Waals surface area contributed by atoms with Crippen LogP contribution >= 0.6 is 0 Å². The number of alkyl carbamates (subject to hydrolysis) is 1. The van der Waals surface area contributed by atoms with Crippen molar-refractivity contribution in [1.82, 2.24) is 15.2 Å². The lowest BCUT2D eigenvalue weighted by molar-refractivity contribution is -0.155. The number of amides is 2. The van der Waals surface area contributed by atoms with E-state index in [4.69, 9.17) is 9.15 Å². The number of rotatable bonds is 6. The zero-order chi connectivity index (χ0) is 23.9. The minimum Gasteiger partial charge on any atom is -0.481 e. The SMILES string of the molecule is CC1(C(=O)O)CN(C(=O)c2ncoc2CNC(=O)OCC2c3ccccc3-c3ccccc32)C1. The predicted molar refractivity (Wildman–Crippen MR) is 120 cm³/mol. The molecule has 174 valence electrons. The molecule has 1 aliphatic heterocycles. The third-order valence-electron chi connectivity index (χ3n) is 6.46. The molecule has 2 aliphatic rings. The van der Waals surface area contributed by atoms with E-state index < -0.39 is 23.4 Å². The number of aromatic nitrogens is 1. The first kappa shape index (κ1) is 21.7. The quantitative estimate of drug-likeness (QED) is 0.578. The van der Waals surface area contributed by atoms with E-state index >= 15 is 0 Å². The van der Waals surface area contributed by atoms with Crippen LogP contribution < -0.4 is 5.32 Å². The normalized spacial score (nSPS) is 15.7. The molecule has 0 unspecified atom stereocenters. The average Bonchev–Trinajstić information content (AvgIpc) is 3.41. The molecule has 9 nitrogen and oxygen atoms in total. The molecule has 34 heavy (non-hydrogen) atoms. The second-order valence-electron chi connectivity index (χ2n) is 8.83. The Morgan fingerprint density at radius 1 is 1.12 bits per heavy atom. The van der Waals surface area contributed by atoms with Crippen molar-refractivity contribution >= 4 is 18.0 Å². The average molecular weight is 461 g/mol. The van der Waals surface area contributed by atoms with Crippen LogP contribution in [0.2, 0.25) is 0 Å². The van der Waals surface area contributed by atoms with Gasteiger partial charge < -0.3 is 24.5 Å². The number of nitrogens with one attached hydrogen (secondary N) is 1. The van der Waals surface area contributed by atoms with Crippen molar-refractivity contribution in [2.24, 2.45) is 5.41 Å². The lowest BCUT2D eigenvalue weighted by Gasteiger charge is -2.44. The van der Waals surface area contributed by atoms with E-state index in [-0.39, 0.29) is 43.6 Å². The number of benzene rings is 2. The highest BCUT2D eigenvalue weighted by Crippen LogP contribution is 2.44. The molecule has 0 bridgehead atoms. The Balaban J connectivity index is 1.18. The third-order valence-corrected chi connectivity index (χ3v) is 6.46. The van der Waals surface area contributed by atoms with Crippen molar-refractivity contribution < 1.29 is 28.6 Å². The van der Waals surface area contributed by atoms with Crippen LogP contribution in [0.4, 0.5) is 4.79 Å². The van der Waals surface area contributed by atoms with Crippen molar-refractivity contribution in [2.45, 2.75) is 19.4 Å². The van der Waals surface area contributed by atoms with E-state index in [0.717, 1.165) is 28.6 Å². The number of carboxylic acid groups (broad SMARTS) is 1. The molecule has 1 aromatic heterocycles. The molecule has 0 spiro atoms. The first-order valence-corrected chi connectivity index (χ1v) is 10.9. The molecule has 0 atom stereocenters. The Labute approximate surface area is 195 Å². The highest BCUT2D eigenvalue weighted by molar-refractivity contribution is 5.95. The second-order valence-corrected chi connectivity index (χ2v) is 8.83. The minimum absolute atomic E-state index is 0.0476. The fourth-order valence-electron chi connectivity index (χ4n) is 4.60. The molecular formula is C25H23N3O6. The van der Waals surface area contributed by atoms with Gasteiger partial charge in [0, 0.05) is 19.0 Å². The number of carbonyl (C=O) groups is 3. The maximum absolute atomic E-state index is 12.7. The molecule has 0 radical (unpaired) electrons. The van der Waals surface area contributed by atoms with E-state index in [0.29, 0.717) is 0 Å². The van der Waals surface area contributed by atoms with Gasteiger partial charge in [-0.05, 0) is 29.2 Å². The molecule has 1 aliphatic carbocycles. The van der Waals surface area contributed by atoms with Crippen LogP contribution in [0.1, 0.15) is 40.2 Å². The molecule has 2 N–H and O–H groups in total. The van der Waals surface area contributed by atoms with Gasteiger partial charge in [-0.25, -0.2) is 9.78 Å². The molecule has 9 heteroatoms. The second kappa shape index (κ2) is 8.33. The minimum atomic E-state index is -0.959. The number of hydrogen-bond donors (Lipinski definition) is 2. The van der Waals surface area contributed by atoms with Gasteiger partial charge in [0.25, 0.3) is 5.91 Å². The van der Waals surface area contributed by atoms with Crippen molar-refractivity contribution in [3.05, 3.63) is 77.5 Å². The van der Waals surface area contributed by atoms with E-state index in [1.165, 1.54) is 4.90 Å². The number of ether oxygens (including phenoxy) is 1. The smallest absolute Gasteiger partial charge is 0.407 e. The molecule has 1 saturated heterocycles. The van der Waals surface area contributed by atoms with Gasteiger partial charge in [0.2, 0.25) is 0 Å². The molecule has 2 amide bonds. The van der Waals surface area contributed by atoms with Gasteiger partial charge in [0.05, 0.1) is 6.54 Å². The molecule has 2 aromatic carbocycles. The maximum atomic E-state index is 12.7. The van der Waals surface area contributed by atoms with Crippen molar-refractivity contribution in [1.29, 1.82) is 0 Å². The van der Waals surface area contributed by atoms with Gasteiger partial charge >= 0.3 is 12.1 Å². The van der Waals surface area contributed by atoms with Gasteiger partial charge in [-0.15, -0.1) is 0 Å². The van der Waals surface area contributed by atoms with E-state index in [1.54, 1.807) is 6.92 Å². The highest BCUT2D eigenvalue weighted by atomic mass is 16.5. The summed E-state index contributed by atoms with van der Waals surface area (Å²) in [5.41, 5.74) is 3.60. The zero-order valence-electron chi connectivity index (χ0n) is 18.5. The topological polar surface area (TPSA) is 122 Å². The zero-order valence-corrected chi connectivity index (χ0v) is 18.5. The summed E-state index contributed by atoms with van der Waals surface area (Å²) in [6.45, 7) is 1.85. The van der Waals surface area contributed by atoms with Crippen LogP contribution in [-0.2, 0) is 16.1 Å². The largest absolute Gasteiger partial charge is 0.481 e. The van der Waals surface area contributed by atoms with Gasteiger partial charge in [-0.1, -0.05) is 48.5 Å². The van der Waals surface area contributed by atoms with Crippen LogP contribution in [0, 0.1) is 5.41 Å². The Morgan fingerprint density at radius 3 is 2.35 bits per heavy atom. The van der Waals surface area contributed by atoms with Crippen molar-refractivity contribution in [2.75, 3.05) is 19.7 Å². The Kier molecular flexibility index (Phi) is 5.31. The van der Waals surface area contributed by atoms with Gasteiger partial charge in [-0.3, -0.25) is 9.59 Å². The Bertz CT molecular complexity index is 1230. The Morgan fingerprint density at radius 2 is 1.74 bits per heavy atom. The molecule has 3 aromatic rings. The number of hydrogen-bond acceptors (Lipinski definition) is 6. The lowest BCUT2D eigenvalue weighted by Crippen LogP contribution is -2.60. The number of fused-ring (bicyclic) bond motifs is 3. The van der Waals surface area contributed by atoms with Crippen molar-refractivity contribution in [3.8, 4) is 11.1 Å². The Hall–Kier alpha value is -4.14. The lowest BCUT2D eigenvalue weighted by atomic mass is 9.82. The summed E-state index contributed by atoms with van der Waals surface area (Å²) < 4.78 is 10.8. The maximum Gasteiger partial charge on any atom is 0.407 e. The van der Waals surface area contributed by atoms with Crippen LogP contribution in [0.5, 0.6) is 0 Å². The summed E-state index contributed by atoms with van der Waals surface area (Å²) in [5.74, 6) is -1.26. The summed E-state index contributed by atoms with van der Waals surface area (Å²) >= 11 is 0. The first-order valence-electron chi connectivity index (χ1n) is 10.9. The fourth-order valence-corrected chi connectivity index (χ4v) is 4.60. The molecule has 0 saturated carbocycles. The van der Waals surface area contributed by atoms with E-state index in [1.807, 2.05) is 36.4 Å². The number of carbonyl (C=O) groups excluding carboxylic acids is 2. The molecular weight excluding hydrogens is 438 g/mol. The fraction of sp³-hybridized carbons (Fsp3) is 0.280. The summed E-state index contributed by atoms with van der Waals surface area (Å²) in [5, 5.41) is 11.8. The monoisotopic (exact) mass is 461 g/mol. The summed E-state index contributed by atoms with van der Waals surface area (Å²) in [6.07, 6.45) is 0.483. The summed E-state index contributed by atoms with van der Waals surface area (Å²) in [7, 11) is 0. The first-order chi connectivity index (χ1) is 16.4. The standard InChI is InChI=1S/C25H23N3O6/c1-25(23(30)31)12-28(13-25)22(29)21-20(34-14-27-21)10-26-24(32)33-11-19-17-8-4-2-6-15(17)16-7-3-5-9-18(16)19/h2-9,14,19H,10-13H2,1H3,(H,26,32)(H,30,31). The van der Waals surface area contributed by atoms with Crippen molar-refractivity contribution in [3.63, 3.8) is 0 Å². The van der Waals surface area contributed by atoms with Gasteiger partial charge in [0.1, 0.15) is 12.0 Å². The van der Waals surface area contributed by atoms with Gasteiger partial charge in [0.15, 0.2) is 17.8 Å². The van der Waals surface area contributed by atoms with Crippen LogP contribution in [0.15, 0.2) is 59.3 Å². The van der Waals surface area contributed by atoms with Crippen LogP contribution in [-0.4, -0.2) is 52.7 Å². The van der Waals surface area contributed by atoms with Crippen LogP contribution in [0.25, 0.3) is 11.1 Å². The highest BCUT2D eigenvalue weighted by Gasteiger charge is 2.48. The number of likely N-dealkylation sites (tertiary alicyclic amines) is 1. The summed E-state index contributed by atoms with van der Waals surface area (Å²) in [4.78, 5) is 41.7. The van der Waals surface area contributed by atoms with E-state index in [2.05, 4.69) is 22.4 Å². The third kappa shape index (κ3) is 3.68.